The Morgan fingerprint density at radius 1 is 1.17 bits per heavy atom. The summed E-state index contributed by atoms with van der Waals surface area (Å²) in [4.78, 5) is 0. The first kappa shape index (κ1) is 18.2. The van der Waals surface area contributed by atoms with Crippen LogP contribution in [0.5, 0.6) is 0 Å². The second-order valence-corrected chi connectivity index (χ2v) is 7.53. The fraction of sp³-hybridized carbons (Fsp3) is 0.579. The molecule has 0 spiro atoms. The number of allylic oxidation sites excluding steroid dienone is 1. The molecule has 2 nitrogen and oxygen atoms in total. The molecule has 0 unspecified atom stereocenters. The third kappa shape index (κ3) is 3.86. The molecular weight excluding hydrogens is 290 g/mol. The molecule has 0 saturated carbocycles. The normalized spacial score (nSPS) is 20.2. The van der Waals surface area contributed by atoms with E-state index in [2.05, 4.69) is 0 Å². The maximum absolute atomic E-state index is 14.1. The van der Waals surface area contributed by atoms with Crippen LogP contribution in [0.3, 0.4) is 0 Å². The summed E-state index contributed by atoms with van der Waals surface area (Å²) in [5, 5.41) is 0. The molecule has 0 amide bonds. The van der Waals surface area contributed by atoms with E-state index in [1.54, 1.807) is 6.07 Å². The average Bonchev–Trinajstić information content (AvgIpc) is 2.56. The van der Waals surface area contributed by atoms with Gasteiger partial charge in [0.05, 0.1) is 11.2 Å². The van der Waals surface area contributed by atoms with Gasteiger partial charge in [-0.1, -0.05) is 24.6 Å². The van der Waals surface area contributed by atoms with Gasteiger partial charge in [-0.25, -0.2) is 4.39 Å². The Balaban J connectivity index is 2.13. The molecule has 0 radical (unpaired) electrons. The lowest BCUT2D eigenvalue weighted by Crippen LogP contribution is -2.41. The molecule has 2 rings (SSSR count). The second kappa shape index (κ2) is 6.41. The largest absolute Gasteiger partial charge is 0.462 e. The summed E-state index contributed by atoms with van der Waals surface area (Å²) in [6.07, 6.45) is 3.41. The predicted octanol–water partition coefficient (Wildman–Crippen LogP) is 5.19. The Morgan fingerprint density at radius 3 is 2.22 bits per heavy atom. The van der Waals surface area contributed by atoms with Gasteiger partial charge < -0.3 is 9.31 Å². The van der Waals surface area contributed by atoms with Gasteiger partial charge in [0.15, 0.2) is 0 Å². The van der Waals surface area contributed by atoms with Crippen LogP contribution in [0.4, 0.5) is 4.39 Å². The fourth-order valence-electron chi connectivity index (χ4n) is 2.99. The summed E-state index contributed by atoms with van der Waals surface area (Å²) in [7, 11) is -0.253. The minimum atomic E-state index is -0.316. The molecular formula is C19H28BFO2. The smallest absolute Gasteiger partial charge is 0.403 e. The van der Waals surface area contributed by atoms with Crippen molar-refractivity contribution in [3.05, 3.63) is 40.2 Å². The maximum atomic E-state index is 14.1. The van der Waals surface area contributed by atoms with E-state index in [1.807, 2.05) is 60.6 Å². The van der Waals surface area contributed by atoms with Crippen LogP contribution in [0.1, 0.15) is 58.2 Å². The Labute approximate surface area is 140 Å². The molecule has 1 heterocycles. The van der Waals surface area contributed by atoms with E-state index in [0.717, 1.165) is 22.3 Å². The fourth-order valence-corrected chi connectivity index (χ4v) is 2.99. The summed E-state index contributed by atoms with van der Waals surface area (Å²) >= 11 is 0. The molecule has 1 saturated heterocycles. The Hall–Kier alpha value is -1.13. The Kier molecular flexibility index (Phi) is 5.07. The van der Waals surface area contributed by atoms with E-state index in [0.29, 0.717) is 12.7 Å². The van der Waals surface area contributed by atoms with Crippen molar-refractivity contribution in [1.29, 1.82) is 0 Å². The van der Waals surface area contributed by atoms with Gasteiger partial charge >= 0.3 is 7.12 Å². The molecule has 0 aromatic heterocycles. The molecule has 0 N–H and O–H groups in total. The average molecular weight is 318 g/mol. The molecule has 126 valence electrons. The highest BCUT2D eigenvalue weighted by Gasteiger charge is 2.50. The van der Waals surface area contributed by atoms with Crippen molar-refractivity contribution in [2.24, 2.45) is 0 Å². The Morgan fingerprint density at radius 2 is 1.74 bits per heavy atom. The molecule has 1 aliphatic heterocycles. The maximum Gasteiger partial charge on any atom is 0.462 e. The van der Waals surface area contributed by atoms with Crippen molar-refractivity contribution < 1.29 is 13.7 Å². The van der Waals surface area contributed by atoms with Crippen LogP contribution < -0.4 is 0 Å². The highest BCUT2D eigenvalue weighted by Crippen LogP contribution is 2.38. The van der Waals surface area contributed by atoms with E-state index in [1.165, 1.54) is 0 Å². The highest BCUT2D eigenvalue weighted by molar-refractivity contribution is 6.46. The van der Waals surface area contributed by atoms with Gasteiger partial charge in [-0.2, -0.15) is 0 Å². The lowest BCUT2D eigenvalue weighted by atomic mass is 9.80. The van der Waals surface area contributed by atoms with Crippen LogP contribution in [0.2, 0.25) is 6.32 Å². The van der Waals surface area contributed by atoms with Crippen LogP contribution in [0.25, 0.3) is 6.08 Å². The summed E-state index contributed by atoms with van der Waals surface area (Å²) in [5.74, 6) is -0.123. The number of hydrogen-bond donors (Lipinski definition) is 0. The number of halogens is 1. The van der Waals surface area contributed by atoms with Gasteiger partial charge in [-0.3, -0.25) is 0 Å². The van der Waals surface area contributed by atoms with Crippen molar-refractivity contribution in [3.63, 3.8) is 0 Å². The summed E-state index contributed by atoms with van der Waals surface area (Å²) in [6, 6.07) is 3.65. The molecule has 4 heteroatoms. The molecule has 1 aliphatic rings. The number of rotatable bonds is 4. The van der Waals surface area contributed by atoms with Crippen LogP contribution in [0.15, 0.2) is 17.7 Å². The number of aryl methyl sites for hydroxylation is 1. The number of benzene rings is 1. The predicted molar refractivity (Wildman–Crippen MR) is 95.1 cm³/mol. The topological polar surface area (TPSA) is 18.5 Å². The first-order chi connectivity index (χ1) is 10.6. The molecule has 0 atom stereocenters. The quantitative estimate of drug-likeness (QED) is 0.711. The summed E-state index contributed by atoms with van der Waals surface area (Å²) in [5.41, 5.74) is 3.18. The SMILES string of the molecule is CCc1c(C)cc(/C=C(\C)CB2OC(C)(C)C(C)(C)O2)cc1F. The van der Waals surface area contributed by atoms with E-state index in [9.17, 15) is 4.39 Å². The Bertz CT molecular complexity index is 581. The monoisotopic (exact) mass is 318 g/mol. The zero-order valence-corrected chi connectivity index (χ0v) is 15.4. The highest BCUT2D eigenvalue weighted by atomic mass is 19.1. The van der Waals surface area contributed by atoms with E-state index in [4.69, 9.17) is 9.31 Å². The minimum Gasteiger partial charge on any atom is -0.403 e. The third-order valence-electron chi connectivity index (χ3n) is 5.00. The van der Waals surface area contributed by atoms with Crippen LogP contribution in [-0.2, 0) is 15.7 Å². The lowest BCUT2D eigenvalue weighted by Gasteiger charge is -2.32. The lowest BCUT2D eigenvalue weighted by molar-refractivity contribution is 0.00578. The van der Waals surface area contributed by atoms with Gasteiger partial charge in [-0.15, -0.1) is 0 Å². The molecule has 0 bridgehead atoms. The van der Waals surface area contributed by atoms with Gasteiger partial charge in [-0.05, 0) is 70.7 Å². The van der Waals surface area contributed by atoms with Gasteiger partial charge in [0.1, 0.15) is 5.82 Å². The van der Waals surface area contributed by atoms with Crippen LogP contribution in [-0.4, -0.2) is 18.3 Å². The van der Waals surface area contributed by atoms with E-state index < -0.39 is 0 Å². The zero-order chi connectivity index (χ0) is 17.4. The van der Waals surface area contributed by atoms with Crippen molar-refractivity contribution in [2.45, 2.75) is 72.4 Å². The molecule has 1 fully saturated rings. The van der Waals surface area contributed by atoms with Gasteiger partial charge in [0.25, 0.3) is 0 Å². The third-order valence-corrected chi connectivity index (χ3v) is 5.00. The first-order valence-electron chi connectivity index (χ1n) is 8.37. The van der Waals surface area contributed by atoms with Crippen LogP contribution >= 0.6 is 0 Å². The standard InChI is InChI=1S/C19H28BFO2/c1-8-16-14(3)10-15(11-17(16)21)9-13(2)12-20-22-18(4,5)19(6,7)23-20/h9-11H,8,12H2,1-7H3/b13-9+. The minimum absolute atomic E-state index is 0.123. The second-order valence-electron chi connectivity index (χ2n) is 7.53. The molecule has 1 aromatic carbocycles. The zero-order valence-electron chi connectivity index (χ0n) is 15.4. The molecule has 1 aromatic rings. The van der Waals surface area contributed by atoms with Gasteiger partial charge in [0, 0.05) is 6.32 Å². The van der Waals surface area contributed by atoms with E-state index in [-0.39, 0.29) is 24.1 Å². The van der Waals surface area contributed by atoms with Crippen LogP contribution in [0, 0.1) is 12.7 Å². The molecule has 23 heavy (non-hydrogen) atoms. The number of hydrogen-bond acceptors (Lipinski definition) is 2. The van der Waals surface area contributed by atoms with Crippen molar-refractivity contribution in [1.82, 2.24) is 0 Å². The van der Waals surface area contributed by atoms with E-state index >= 15 is 0 Å². The summed E-state index contributed by atoms with van der Waals surface area (Å²) in [6.45, 7) is 14.2. The van der Waals surface area contributed by atoms with Crippen molar-refractivity contribution >= 4 is 13.2 Å². The molecule has 0 aliphatic carbocycles. The first-order valence-corrected chi connectivity index (χ1v) is 8.37. The summed E-state index contributed by atoms with van der Waals surface area (Å²) < 4.78 is 26.1. The van der Waals surface area contributed by atoms with Gasteiger partial charge in [0.2, 0.25) is 0 Å². The van der Waals surface area contributed by atoms with Crippen molar-refractivity contribution in [2.75, 3.05) is 0 Å². The van der Waals surface area contributed by atoms with Crippen molar-refractivity contribution in [3.8, 4) is 0 Å².